The number of nitrogens with zero attached hydrogens (tertiary/aromatic N) is 6. The van der Waals surface area contributed by atoms with Gasteiger partial charge in [0.05, 0.1) is 30.4 Å². The number of hydrogen-bond donors (Lipinski definition) is 1. The van der Waals surface area contributed by atoms with Crippen molar-refractivity contribution in [3.05, 3.63) is 94.3 Å². The molecule has 1 unspecified atom stereocenters. The van der Waals surface area contributed by atoms with Gasteiger partial charge in [0.25, 0.3) is 0 Å². The molecule has 202 valence electrons. The van der Waals surface area contributed by atoms with Crippen LogP contribution in [-0.4, -0.2) is 59.5 Å². The van der Waals surface area contributed by atoms with Crippen LogP contribution < -0.4 is 21.0 Å². The molecule has 2 aromatic heterocycles. The highest BCUT2D eigenvalue weighted by Crippen LogP contribution is 2.41. The fourth-order valence-electron chi connectivity index (χ4n) is 5.71. The summed E-state index contributed by atoms with van der Waals surface area (Å²) in [6.45, 7) is 3.89. The zero-order chi connectivity index (χ0) is 27.1. The number of anilines is 1. The second kappa shape index (κ2) is 10.4. The average Bonchev–Trinajstić information content (AvgIpc) is 3.58. The highest BCUT2D eigenvalue weighted by molar-refractivity contribution is 6.29. The van der Waals surface area contributed by atoms with Crippen LogP contribution in [0.1, 0.15) is 29.0 Å². The van der Waals surface area contributed by atoms with Crippen LogP contribution in [0.2, 0.25) is 5.15 Å². The molecule has 0 saturated carbocycles. The molecule has 0 bridgehead atoms. The minimum absolute atomic E-state index is 0.0656. The third-order valence-electron chi connectivity index (χ3n) is 7.76. The summed E-state index contributed by atoms with van der Waals surface area (Å²) in [6, 6.07) is 12.5. The Kier molecular flexibility index (Phi) is 6.78. The van der Waals surface area contributed by atoms with E-state index in [2.05, 4.69) is 21.8 Å². The SMILES string of the molecule is COc1cc(N=c2c3c(c(N4CCN(C)CC4)cn2N)CCC3c2ccc(F)cc2)ccc1-n1cnc(Cl)c1. The molecule has 8 nitrogen and oxygen atoms in total. The zero-order valence-corrected chi connectivity index (χ0v) is 22.8. The van der Waals surface area contributed by atoms with E-state index in [-0.39, 0.29) is 11.7 Å². The second-order valence-electron chi connectivity index (χ2n) is 10.1. The summed E-state index contributed by atoms with van der Waals surface area (Å²) in [5.74, 6) is 7.16. The van der Waals surface area contributed by atoms with E-state index in [9.17, 15) is 4.39 Å². The van der Waals surface area contributed by atoms with Gasteiger partial charge >= 0.3 is 0 Å². The van der Waals surface area contributed by atoms with E-state index < -0.39 is 0 Å². The van der Waals surface area contributed by atoms with Crippen LogP contribution in [0, 0.1) is 5.82 Å². The van der Waals surface area contributed by atoms with Crippen LogP contribution >= 0.6 is 11.6 Å². The van der Waals surface area contributed by atoms with E-state index in [1.807, 2.05) is 36.5 Å². The summed E-state index contributed by atoms with van der Waals surface area (Å²) >= 11 is 6.03. The number of piperazine rings is 1. The largest absolute Gasteiger partial charge is 0.494 e. The summed E-state index contributed by atoms with van der Waals surface area (Å²) in [5, 5.41) is 0.401. The molecule has 39 heavy (non-hydrogen) atoms. The number of pyridine rings is 1. The molecule has 3 heterocycles. The number of nitrogen functional groups attached to an aromatic ring is 1. The van der Waals surface area contributed by atoms with Gasteiger partial charge in [-0.15, -0.1) is 0 Å². The summed E-state index contributed by atoms with van der Waals surface area (Å²) in [7, 11) is 3.77. The molecule has 1 aliphatic heterocycles. The highest BCUT2D eigenvalue weighted by Gasteiger charge is 2.31. The maximum Gasteiger partial charge on any atom is 0.155 e. The Morgan fingerprint density at radius 2 is 1.82 bits per heavy atom. The Bertz CT molecular complexity index is 1570. The molecular weight excluding hydrogens is 517 g/mol. The number of hydrogen-bond acceptors (Lipinski definition) is 6. The van der Waals surface area contributed by atoms with E-state index in [0.29, 0.717) is 22.1 Å². The average molecular weight is 548 g/mol. The van der Waals surface area contributed by atoms with Crippen LogP contribution in [0.25, 0.3) is 5.69 Å². The van der Waals surface area contributed by atoms with Crippen LogP contribution in [0.5, 0.6) is 5.75 Å². The van der Waals surface area contributed by atoms with E-state index >= 15 is 0 Å². The molecular formula is C29H31ClFN7O. The molecule has 4 aromatic rings. The third kappa shape index (κ3) is 4.88. The van der Waals surface area contributed by atoms with Crippen molar-refractivity contribution >= 4 is 23.0 Å². The Morgan fingerprint density at radius 3 is 2.51 bits per heavy atom. The minimum atomic E-state index is -0.242. The number of benzene rings is 2. The van der Waals surface area contributed by atoms with Gasteiger partial charge in [-0.3, -0.25) is 0 Å². The first kappa shape index (κ1) is 25.5. The van der Waals surface area contributed by atoms with Gasteiger partial charge in [-0.05, 0) is 55.3 Å². The Morgan fingerprint density at radius 1 is 1.05 bits per heavy atom. The van der Waals surface area contributed by atoms with E-state index in [1.165, 1.54) is 17.7 Å². The number of likely N-dealkylation sites (N-methyl/N-ethyl adjacent to an activating group) is 1. The Hall–Kier alpha value is -3.82. The van der Waals surface area contributed by atoms with Crippen LogP contribution in [0.15, 0.2) is 66.2 Å². The van der Waals surface area contributed by atoms with Crippen molar-refractivity contribution in [1.82, 2.24) is 19.1 Å². The lowest BCUT2D eigenvalue weighted by atomic mass is 9.93. The number of fused-ring (bicyclic) bond motifs is 1. The smallest absolute Gasteiger partial charge is 0.155 e. The fourth-order valence-corrected chi connectivity index (χ4v) is 5.86. The lowest BCUT2D eigenvalue weighted by molar-refractivity contribution is 0.312. The Balaban J connectivity index is 1.50. The number of halogens is 2. The number of nitrogens with two attached hydrogens (primary N) is 1. The van der Waals surface area contributed by atoms with Crippen LogP contribution in [0.3, 0.4) is 0 Å². The van der Waals surface area contributed by atoms with Crippen molar-refractivity contribution in [1.29, 1.82) is 0 Å². The topological polar surface area (TPSA) is 76.8 Å². The van der Waals surface area contributed by atoms with Gasteiger partial charge in [0.2, 0.25) is 0 Å². The zero-order valence-electron chi connectivity index (χ0n) is 22.0. The van der Waals surface area contributed by atoms with Gasteiger partial charge in [-0.2, -0.15) is 0 Å². The van der Waals surface area contributed by atoms with Gasteiger partial charge in [0, 0.05) is 49.9 Å². The molecule has 1 saturated heterocycles. The van der Waals surface area contributed by atoms with Crippen molar-refractivity contribution < 1.29 is 9.13 Å². The third-order valence-corrected chi connectivity index (χ3v) is 7.95. The van der Waals surface area contributed by atoms with Crippen LogP contribution in [0.4, 0.5) is 15.8 Å². The number of aromatic nitrogens is 3. The number of rotatable bonds is 5. The minimum Gasteiger partial charge on any atom is -0.494 e. The van der Waals surface area contributed by atoms with Gasteiger partial charge in [0.1, 0.15) is 23.0 Å². The monoisotopic (exact) mass is 547 g/mol. The predicted octanol–water partition coefficient (Wildman–Crippen LogP) is 4.25. The fraction of sp³-hybridized carbons (Fsp3) is 0.310. The van der Waals surface area contributed by atoms with Gasteiger partial charge in [0.15, 0.2) is 5.49 Å². The molecule has 0 amide bonds. The van der Waals surface area contributed by atoms with Crippen molar-refractivity contribution in [3.63, 3.8) is 0 Å². The van der Waals surface area contributed by atoms with E-state index in [0.717, 1.165) is 61.5 Å². The van der Waals surface area contributed by atoms with Crippen LogP contribution in [-0.2, 0) is 6.42 Å². The predicted molar refractivity (Wildman–Crippen MR) is 151 cm³/mol. The summed E-state index contributed by atoms with van der Waals surface area (Å²) in [4.78, 5) is 13.9. The van der Waals surface area contributed by atoms with Gasteiger partial charge < -0.3 is 24.9 Å². The normalized spacial score (nSPS) is 18.0. The number of imidazole rings is 1. The molecule has 6 rings (SSSR count). The van der Waals surface area contributed by atoms with Crippen molar-refractivity contribution in [2.24, 2.45) is 4.99 Å². The second-order valence-corrected chi connectivity index (χ2v) is 10.5. The summed E-state index contributed by atoms with van der Waals surface area (Å²) < 4.78 is 22.9. The van der Waals surface area contributed by atoms with Gasteiger partial charge in [-0.1, -0.05) is 23.7 Å². The first-order valence-electron chi connectivity index (χ1n) is 13.1. The summed E-state index contributed by atoms with van der Waals surface area (Å²) in [5.41, 5.74) is 6.80. The van der Waals surface area contributed by atoms with Gasteiger partial charge in [-0.25, -0.2) is 19.0 Å². The molecule has 2 aliphatic rings. The molecule has 1 fully saturated rings. The van der Waals surface area contributed by atoms with Crippen molar-refractivity contribution in [3.8, 4) is 11.4 Å². The lowest BCUT2D eigenvalue weighted by Crippen LogP contribution is -2.45. The van der Waals surface area contributed by atoms with Crippen molar-refractivity contribution in [2.75, 3.05) is 51.1 Å². The van der Waals surface area contributed by atoms with E-state index in [4.69, 9.17) is 27.2 Å². The maximum absolute atomic E-state index is 13.8. The quantitative estimate of drug-likeness (QED) is 0.378. The molecule has 10 heteroatoms. The molecule has 2 N–H and O–H groups in total. The van der Waals surface area contributed by atoms with E-state index in [1.54, 1.807) is 28.9 Å². The standard InChI is InChI=1S/C29H31ClFN7O/c1-35-11-13-36(14-12-35)25-16-38(32)29(28-22(8-9-23(25)28)19-3-5-20(31)6-4-19)34-21-7-10-24(26(15-21)39-2)37-17-27(30)33-18-37/h3-7,10,15-18,22H,8-9,11-14,32H2,1-2H3. The lowest BCUT2D eigenvalue weighted by Gasteiger charge is -2.35. The molecule has 1 aliphatic carbocycles. The summed E-state index contributed by atoms with van der Waals surface area (Å²) in [6.07, 6.45) is 7.20. The number of ether oxygens (including phenoxy) is 1. The maximum atomic E-state index is 13.8. The molecule has 1 atom stereocenters. The Labute approximate surface area is 231 Å². The number of methoxy groups -OCH3 is 1. The molecule has 0 radical (unpaired) electrons. The first-order chi connectivity index (χ1) is 18.9. The molecule has 2 aromatic carbocycles. The van der Waals surface area contributed by atoms with Crippen molar-refractivity contribution in [2.45, 2.75) is 18.8 Å². The first-order valence-corrected chi connectivity index (χ1v) is 13.4. The molecule has 0 spiro atoms. The highest BCUT2D eigenvalue weighted by atomic mass is 35.5.